The van der Waals surface area contributed by atoms with Crippen LogP contribution in [-0.4, -0.2) is 48.9 Å². The average Bonchev–Trinajstić information content (AvgIpc) is 3.07. The number of amides is 2. The predicted molar refractivity (Wildman–Crippen MR) is 98.6 cm³/mol. The summed E-state index contributed by atoms with van der Waals surface area (Å²) >= 11 is 0. The highest BCUT2D eigenvalue weighted by Gasteiger charge is 2.37. The fourth-order valence-electron chi connectivity index (χ4n) is 3.70. The maximum absolute atomic E-state index is 12.9. The van der Waals surface area contributed by atoms with Crippen LogP contribution in [0.4, 0.5) is 0 Å². The Labute approximate surface area is 150 Å². The molecule has 2 saturated heterocycles. The Morgan fingerprint density at radius 2 is 1.84 bits per heavy atom. The minimum atomic E-state index is -0.0908. The number of carbonyl (C=O) groups is 2. The molecular weight excluding hydrogens is 314 g/mol. The van der Waals surface area contributed by atoms with E-state index in [1.54, 1.807) is 24.3 Å². The predicted octanol–water partition coefficient (Wildman–Crippen LogP) is 2.29. The standard InChI is InChI=1S/C20H29N3O2/c1-20(2,3)13-22-18(24)14-6-8-15(9-7-14)19(25)23-10-4-5-16-11-21-12-17(16)23/h6-9,16-17,21H,4-5,10-13H2,1-3H3,(H,22,24)/t16-,17+/m0/s1. The van der Waals surface area contributed by atoms with Crippen LogP contribution in [0.2, 0.25) is 0 Å². The second kappa shape index (κ2) is 7.16. The van der Waals surface area contributed by atoms with Crippen molar-refractivity contribution in [3.8, 4) is 0 Å². The molecule has 1 aromatic rings. The van der Waals surface area contributed by atoms with Gasteiger partial charge in [-0.05, 0) is 48.4 Å². The van der Waals surface area contributed by atoms with Gasteiger partial charge in [0, 0.05) is 43.3 Å². The van der Waals surface area contributed by atoms with Gasteiger partial charge in [0.05, 0.1) is 0 Å². The van der Waals surface area contributed by atoms with Crippen molar-refractivity contribution >= 4 is 11.8 Å². The van der Waals surface area contributed by atoms with Crippen molar-refractivity contribution in [2.75, 3.05) is 26.2 Å². The quantitative estimate of drug-likeness (QED) is 0.885. The molecule has 2 N–H and O–H groups in total. The summed E-state index contributed by atoms with van der Waals surface area (Å²) < 4.78 is 0. The highest BCUT2D eigenvalue weighted by atomic mass is 16.2. The molecule has 5 nitrogen and oxygen atoms in total. The number of rotatable bonds is 3. The molecule has 2 heterocycles. The van der Waals surface area contributed by atoms with Gasteiger partial charge < -0.3 is 15.5 Å². The monoisotopic (exact) mass is 343 g/mol. The highest BCUT2D eigenvalue weighted by Crippen LogP contribution is 2.27. The summed E-state index contributed by atoms with van der Waals surface area (Å²) in [4.78, 5) is 27.1. The molecule has 0 bridgehead atoms. The van der Waals surface area contributed by atoms with Crippen LogP contribution in [-0.2, 0) is 0 Å². The van der Waals surface area contributed by atoms with Crippen LogP contribution in [0.15, 0.2) is 24.3 Å². The van der Waals surface area contributed by atoms with E-state index < -0.39 is 0 Å². The van der Waals surface area contributed by atoms with Gasteiger partial charge in [0.2, 0.25) is 0 Å². The molecule has 0 aromatic heterocycles. The number of fused-ring (bicyclic) bond motifs is 1. The van der Waals surface area contributed by atoms with Crippen molar-refractivity contribution in [2.45, 2.75) is 39.7 Å². The Balaban J connectivity index is 1.65. The van der Waals surface area contributed by atoms with E-state index >= 15 is 0 Å². The molecule has 2 aliphatic heterocycles. The van der Waals surface area contributed by atoms with Gasteiger partial charge in [-0.25, -0.2) is 0 Å². The molecule has 5 heteroatoms. The molecular formula is C20H29N3O2. The Morgan fingerprint density at radius 3 is 2.52 bits per heavy atom. The Hall–Kier alpha value is -1.88. The van der Waals surface area contributed by atoms with Gasteiger partial charge in [0.15, 0.2) is 0 Å². The van der Waals surface area contributed by atoms with Crippen molar-refractivity contribution in [1.29, 1.82) is 0 Å². The first kappa shape index (κ1) is 17.9. The van der Waals surface area contributed by atoms with Gasteiger partial charge in [-0.3, -0.25) is 9.59 Å². The van der Waals surface area contributed by atoms with Crippen LogP contribution in [0.1, 0.15) is 54.3 Å². The van der Waals surface area contributed by atoms with Crippen molar-refractivity contribution in [1.82, 2.24) is 15.5 Å². The summed E-state index contributed by atoms with van der Waals surface area (Å²) in [6.07, 6.45) is 2.27. The molecule has 2 atom stereocenters. The summed E-state index contributed by atoms with van der Waals surface area (Å²) in [5.41, 5.74) is 1.31. The highest BCUT2D eigenvalue weighted by molar-refractivity contribution is 5.98. The van der Waals surface area contributed by atoms with E-state index in [9.17, 15) is 9.59 Å². The van der Waals surface area contributed by atoms with Gasteiger partial charge in [-0.2, -0.15) is 0 Å². The largest absolute Gasteiger partial charge is 0.352 e. The van der Waals surface area contributed by atoms with Crippen LogP contribution >= 0.6 is 0 Å². The van der Waals surface area contributed by atoms with Crippen LogP contribution in [0.3, 0.4) is 0 Å². The zero-order valence-corrected chi connectivity index (χ0v) is 15.5. The summed E-state index contributed by atoms with van der Waals surface area (Å²) in [7, 11) is 0. The number of benzene rings is 1. The molecule has 0 spiro atoms. The van der Waals surface area contributed by atoms with E-state index in [1.807, 2.05) is 4.90 Å². The lowest BCUT2D eigenvalue weighted by atomic mass is 9.91. The first-order chi connectivity index (χ1) is 11.8. The summed E-state index contributed by atoms with van der Waals surface area (Å²) in [5, 5.41) is 6.34. The first-order valence-corrected chi connectivity index (χ1v) is 9.25. The van der Waals surface area contributed by atoms with Crippen LogP contribution in [0.25, 0.3) is 0 Å². The average molecular weight is 343 g/mol. The fraction of sp³-hybridized carbons (Fsp3) is 0.600. The van der Waals surface area contributed by atoms with Crippen molar-refractivity contribution in [2.24, 2.45) is 11.3 Å². The smallest absolute Gasteiger partial charge is 0.254 e. The molecule has 0 aliphatic carbocycles. The SMILES string of the molecule is CC(C)(C)CNC(=O)c1ccc(C(=O)N2CCC[C@H]3CNC[C@H]32)cc1. The third-order valence-corrected chi connectivity index (χ3v) is 5.11. The van der Waals surface area contributed by atoms with Crippen molar-refractivity contribution < 1.29 is 9.59 Å². The van der Waals surface area contributed by atoms with Crippen LogP contribution < -0.4 is 10.6 Å². The molecule has 1 aromatic carbocycles. The summed E-state index contributed by atoms with van der Waals surface area (Å²) in [5.74, 6) is 0.576. The van der Waals surface area contributed by atoms with E-state index in [2.05, 4.69) is 31.4 Å². The Morgan fingerprint density at radius 1 is 1.16 bits per heavy atom. The normalized spacial score (nSPS) is 23.2. The van der Waals surface area contributed by atoms with E-state index in [4.69, 9.17) is 0 Å². The molecule has 2 fully saturated rings. The van der Waals surface area contributed by atoms with E-state index in [-0.39, 0.29) is 17.2 Å². The number of likely N-dealkylation sites (tertiary alicyclic amines) is 1. The number of hydrogen-bond donors (Lipinski definition) is 2. The van der Waals surface area contributed by atoms with Gasteiger partial charge >= 0.3 is 0 Å². The number of hydrogen-bond acceptors (Lipinski definition) is 3. The second-order valence-corrected chi connectivity index (χ2v) is 8.45. The Bertz CT molecular complexity index is 633. The molecule has 3 rings (SSSR count). The fourth-order valence-corrected chi connectivity index (χ4v) is 3.70. The van der Waals surface area contributed by atoms with E-state index in [1.165, 1.54) is 6.42 Å². The summed E-state index contributed by atoms with van der Waals surface area (Å²) in [6, 6.07) is 7.37. The molecule has 25 heavy (non-hydrogen) atoms. The molecule has 0 unspecified atom stereocenters. The summed E-state index contributed by atoms with van der Waals surface area (Å²) in [6.45, 7) is 9.60. The van der Waals surface area contributed by atoms with Crippen molar-refractivity contribution in [3.05, 3.63) is 35.4 Å². The topological polar surface area (TPSA) is 61.4 Å². The third-order valence-electron chi connectivity index (χ3n) is 5.11. The molecule has 136 valence electrons. The number of carbonyl (C=O) groups excluding carboxylic acids is 2. The lowest BCUT2D eigenvalue weighted by Crippen LogP contribution is -2.48. The minimum absolute atomic E-state index is 0.0473. The van der Waals surface area contributed by atoms with E-state index in [0.717, 1.165) is 26.1 Å². The molecule has 0 radical (unpaired) electrons. The molecule has 0 saturated carbocycles. The van der Waals surface area contributed by atoms with Crippen molar-refractivity contribution in [3.63, 3.8) is 0 Å². The first-order valence-electron chi connectivity index (χ1n) is 9.25. The molecule has 2 aliphatic rings. The lowest BCUT2D eigenvalue weighted by molar-refractivity contribution is 0.0574. The van der Waals surface area contributed by atoms with Crippen LogP contribution in [0.5, 0.6) is 0 Å². The zero-order chi connectivity index (χ0) is 18.0. The number of piperidine rings is 1. The number of nitrogens with one attached hydrogen (secondary N) is 2. The maximum atomic E-state index is 12.9. The molecule has 2 amide bonds. The van der Waals surface area contributed by atoms with Gasteiger partial charge in [-0.1, -0.05) is 20.8 Å². The third kappa shape index (κ3) is 4.21. The van der Waals surface area contributed by atoms with Gasteiger partial charge in [0.25, 0.3) is 11.8 Å². The lowest BCUT2D eigenvalue weighted by Gasteiger charge is -2.37. The van der Waals surface area contributed by atoms with Crippen LogP contribution in [0, 0.1) is 11.3 Å². The number of nitrogens with zero attached hydrogens (tertiary/aromatic N) is 1. The van der Waals surface area contributed by atoms with Gasteiger partial charge in [0.1, 0.15) is 0 Å². The van der Waals surface area contributed by atoms with Gasteiger partial charge in [-0.15, -0.1) is 0 Å². The van der Waals surface area contributed by atoms with E-state index in [0.29, 0.717) is 29.6 Å². The minimum Gasteiger partial charge on any atom is -0.352 e. The maximum Gasteiger partial charge on any atom is 0.254 e. The Kier molecular flexibility index (Phi) is 5.13. The zero-order valence-electron chi connectivity index (χ0n) is 15.5. The second-order valence-electron chi connectivity index (χ2n) is 8.45.